The molecule has 0 amide bonds. The third-order valence-corrected chi connectivity index (χ3v) is 3.84. The van der Waals surface area contributed by atoms with Crippen molar-refractivity contribution >= 4 is 15.9 Å². The molecule has 0 aliphatic heterocycles. The molecular formula is C17H19BrO2. The molecule has 0 aromatic heterocycles. The van der Waals surface area contributed by atoms with Crippen molar-refractivity contribution in [3.05, 3.63) is 51.5 Å². The largest absolute Gasteiger partial charge is 0.467 e. The van der Waals surface area contributed by atoms with Crippen molar-refractivity contribution in [3.8, 4) is 16.9 Å². The van der Waals surface area contributed by atoms with E-state index in [1.54, 1.807) is 7.11 Å². The molecule has 0 N–H and O–H groups in total. The van der Waals surface area contributed by atoms with Crippen LogP contribution in [0.1, 0.15) is 16.7 Å². The lowest BCUT2D eigenvalue weighted by molar-refractivity contribution is 0.0510. The van der Waals surface area contributed by atoms with Gasteiger partial charge in [-0.3, -0.25) is 0 Å². The number of hydrogen-bond donors (Lipinski definition) is 0. The second-order valence-corrected chi connectivity index (χ2v) is 5.85. The summed E-state index contributed by atoms with van der Waals surface area (Å²) in [6.07, 6.45) is 0. The minimum absolute atomic E-state index is 0.250. The number of rotatable bonds is 4. The molecule has 0 spiro atoms. The standard InChI is InChI=1S/C17H19BrO2/c1-11-5-6-16(18)14(8-11)15-9-12(2)7-13(3)17(15)20-10-19-4/h5-9H,10H2,1-4H3. The maximum atomic E-state index is 5.78. The van der Waals surface area contributed by atoms with E-state index >= 15 is 0 Å². The van der Waals surface area contributed by atoms with E-state index in [0.29, 0.717) is 0 Å². The second kappa shape index (κ2) is 6.42. The van der Waals surface area contributed by atoms with Gasteiger partial charge < -0.3 is 9.47 Å². The Morgan fingerprint density at radius 1 is 0.950 bits per heavy atom. The molecule has 106 valence electrons. The second-order valence-electron chi connectivity index (χ2n) is 4.99. The summed E-state index contributed by atoms with van der Waals surface area (Å²) in [5.41, 5.74) is 5.79. The molecule has 2 aromatic rings. The molecule has 0 radical (unpaired) electrons. The zero-order chi connectivity index (χ0) is 14.7. The van der Waals surface area contributed by atoms with Crippen molar-refractivity contribution < 1.29 is 9.47 Å². The van der Waals surface area contributed by atoms with E-state index < -0.39 is 0 Å². The predicted molar refractivity (Wildman–Crippen MR) is 86.3 cm³/mol. The minimum Gasteiger partial charge on any atom is -0.467 e. The zero-order valence-electron chi connectivity index (χ0n) is 12.3. The van der Waals surface area contributed by atoms with Gasteiger partial charge in [0.15, 0.2) is 6.79 Å². The summed E-state index contributed by atoms with van der Waals surface area (Å²) in [7, 11) is 1.63. The van der Waals surface area contributed by atoms with Crippen LogP contribution in [-0.2, 0) is 4.74 Å². The maximum absolute atomic E-state index is 5.78. The fraction of sp³-hybridized carbons (Fsp3) is 0.294. The summed E-state index contributed by atoms with van der Waals surface area (Å²) in [6, 6.07) is 10.6. The van der Waals surface area contributed by atoms with E-state index in [1.807, 2.05) is 0 Å². The summed E-state index contributed by atoms with van der Waals surface area (Å²) in [5, 5.41) is 0. The lowest BCUT2D eigenvalue weighted by Gasteiger charge is -2.16. The quantitative estimate of drug-likeness (QED) is 0.730. The summed E-state index contributed by atoms with van der Waals surface area (Å²) in [5.74, 6) is 0.878. The van der Waals surface area contributed by atoms with Crippen LogP contribution < -0.4 is 4.74 Å². The number of methoxy groups -OCH3 is 1. The Balaban J connectivity index is 2.62. The number of halogens is 1. The average molecular weight is 335 g/mol. The van der Waals surface area contributed by atoms with E-state index in [2.05, 4.69) is 67.0 Å². The van der Waals surface area contributed by atoms with Crippen LogP contribution in [0.3, 0.4) is 0 Å². The first-order valence-corrected chi connectivity index (χ1v) is 7.31. The molecule has 0 aliphatic carbocycles. The summed E-state index contributed by atoms with van der Waals surface area (Å²) >= 11 is 3.63. The molecule has 0 unspecified atom stereocenters. The fourth-order valence-electron chi connectivity index (χ4n) is 2.31. The van der Waals surface area contributed by atoms with Crippen LogP contribution in [0.4, 0.5) is 0 Å². The molecule has 2 aromatic carbocycles. The first-order chi connectivity index (χ1) is 9.52. The van der Waals surface area contributed by atoms with Crippen LogP contribution in [0, 0.1) is 20.8 Å². The van der Waals surface area contributed by atoms with Gasteiger partial charge in [-0.1, -0.05) is 39.7 Å². The van der Waals surface area contributed by atoms with E-state index in [1.165, 1.54) is 11.1 Å². The third kappa shape index (κ3) is 3.22. The highest BCUT2D eigenvalue weighted by Gasteiger charge is 2.13. The van der Waals surface area contributed by atoms with Crippen LogP contribution >= 0.6 is 15.9 Å². The molecule has 0 saturated heterocycles. The van der Waals surface area contributed by atoms with Gasteiger partial charge in [-0.2, -0.15) is 0 Å². The monoisotopic (exact) mass is 334 g/mol. The molecule has 2 rings (SSSR count). The molecule has 0 fully saturated rings. The van der Waals surface area contributed by atoms with Gasteiger partial charge in [0.25, 0.3) is 0 Å². The van der Waals surface area contributed by atoms with Crippen molar-refractivity contribution in [2.45, 2.75) is 20.8 Å². The summed E-state index contributed by atoms with van der Waals surface area (Å²) < 4.78 is 11.9. The maximum Gasteiger partial charge on any atom is 0.188 e. The van der Waals surface area contributed by atoms with Gasteiger partial charge in [-0.25, -0.2) is 0 Å². The predicted octanol–water partition coefficient (Wildman–Crippen LogP) is 5.02. The van der Waals surface area contributed by atoms with Crippen LogP contribution in [0.5, 0.6) is 5.75 Å². The highest BCUT2D eigenvalue weighted by Crippen LogP contribution is 2.38. The first-order valence-electron chi connectivity index (χ1n) is 6.52. The Labute approximate surface area is 128 Å². The van der Waals surface area contributed by atoms with Crippen molar-refractivity contribution in [2.24, 2.45) is 0 Å². The molecule has 20 heavy (non-hydrogen) atoms. The highest BCUT2D eigenvalue weighted by atomic mass is 79.9. The number of aryl methyl sites for hydroxylation is 3. The van der Waals surface area contributed by atoms with E-state index in [4.69, 9.17) is 9.47 Å². The van der Waals surface area contributed by atoms with Crippen LogP contribution in [-0.4, -0.2) is 13.9 Å². The lowest BCUT2D eigenvalue weighted by atomic mass is 9.98. The molecule has 2 nitrogen and oxygen atoms in total. The van der Waals surface area contributed by atoms with Gasteiger partial charge in [0.05, 0.1) is 0 Å². The summed E-state index contributed by atoms with van der Waals surface area (Å²) in [4.78, 5) is 0. The Bertz CT molecular complexity index is 621. The van der Waals surface area contributed by atoms with Gasteiger partial charge >= 0.3 is 0 Å². The minimum atomic E-state index is 0.250. The SMILES string of the molecule is COCOc1c(C)cc(C)cc1-c1cc(C)ccc1Br. The number of benzene rings is 2. The van der Waals surface area contributed by atoms with Crippen LogP contribution in [0.25, 0.3) is 11.1 Å². The normalized spacial score (nSPS) is 10.7. The Morgan fingerprint density at radius 3 is 2.35 bits per heavy atom. The first kappa shape index (κ1) is 15.1. The van der Waals surface area contributed by atoms with Crippen molar-refractivity contribution in [1.29, 1.82) is 0 Å². The third-order valence-electron chi connectivity index (χ3n) is 3.15. The molecule has 0 saturated carbocycles. The van der Waals surface area contributed by atoms with Crippen LogP contribution in [0.15, 0.2) is 34.8 Å². The Kier molecular flexibility index (Phi) is 4.84. The Hall–Kier alpha value is -1.32. The van der Waals surface area contributed by atoms with Gasteiger partial charge in [0.1, 0.15) is 5.75 Å². The van der Waals surface area contributed by atoms with E-state index in [9.17, 15) is 0 Å². The molecule has 0 heterocycles. The Morgan fingerprint density at radius 2 is 1.65 bits per heavy atom. The van der Waals surface area contributed by atoms with Gasteiger partial charge in [-0.15, -0.1) is 0 Å². The van der Waals surface area contributed by atoms with E-state index in [0.717, 1.165) is 26.9 Å². The number of hydrogen-bond acceptors (Lipinski definition) is 2. The fourth-order valence-corrected chi connectivity index (χ4v) is 2.77. The average Bonchev–Trinajstić information content (AvgIpc) is 2.40. The van der Waals surface area contributed by atoms with Crippen LogP contribution in [0.2, 0.25) is 0 Å². The molecule has 0 atom stereocenters. The molecule has 0 aliphatic rings. The number of ether oxygens (including phenoxy) is 2. The molecular weight excluding hydrogens is 316 g/mol. The van der Waals surface area contributed by atoms with Crippen molar-refractivity contribution in [2.75, 3.05) is 13.9 Å². The summed E-state index contributed by atoms with van der Waals surface area (Å²) in [6.45, 7) is 6.50. The van der Waals surface area contributed by atoms with Gasteiger partial charge in [-0.05, 0) is 49.6 Å². The van der Waals surface area contributed by atoms with Gasteiger partial charge in [0.2, 0.25) is 0 Å². The highest BCUT2D eigenvalue weighted by molar-refractivity contribution is 9.10. The van der Waals surface area contributed by atoms with Crippen molar-refractivity contribution in [3.63, 3.8) is 0 Å². The molecule has 3 heteroatoms. The van der Waals surface area contributed by atoms with Gasteiger partial charge in [0, 0.05) is 17.1 Å². The van der Waals surface area contributed by atoms with Crippen molar-refractivity contribution in [1.82, 2.24) is 0 Å². The lowest BCUT2D eigenvalue weighted by Crippen LogP contribution is -2.02. The zero-order valence-corrected chi connectivity index (χ0v) is 13.9. The topological polar surface area (TPSA) is 18.5 Å². The van der Waals surface area contributed by atoms with E-state index in [-0.39, 0.29) is 6.79 Å². The smallest absolute Gasteiger partial charge is 0.188 e. The molecule has 0 bridgehead atoms.